The summed E-state index contributed by atoms with van der Waals surface area (Å²) in [6, 6.07) is 27.0. The van der Waals surface area contributed by atoms with Crippen LogP contribution < -0.4 is 10.1 Å². The molecular formula is C24H20N2O2. The van der Waals surface area contributed by atoms with E-state index in [4.69, 9.17) is 9.72 Å². The molecule has 3 aromatic carbocycles. The number of nitrogens with one attached hydrogen (secondary N) is 1. The van der Waals surface area contributed by atoms with E-state index in [-0.39, 0.29) is 5.91 Å². The molecule has 1 amide bonds. The van der Waals surface area contributed by atoms with Gasteiger partial charge in [-0.2, -0.15) is 0 Å². The number of rotatable bonds is 5. The van der Waals surface area contributed by atoms with Crippen molar-refractivity contribution in [3.8, 4) is 22.8 Å². The van der Waals surface area contributed by atoms with Crippen molar-refractivity contribution >= 4 is 16.8 Å². The van der Waals surface area contributed by atoms with Gasteiger partial charge in [0.15, 0.2) is 0 Å². The first kappa shape index (κ1) is 17.7. The number of benzene rings is 3. The Morgan fingerprint density at radius 2 is 1.71 bits per heavy atom. The van der Waals surface area contributed by atoms with Crippen LogP contribution in [0.3, 0.4) is 0 Å². The fraction of sp³-hybridized carbons (Fsp3) is 0.0833. The molecule has 0 aliphatic rings. The third-order valence-electron chi connectivity index (χ3n) is 4.41. The third-order valence-corrected chi connectivity index (χ3v) is 4.41. The molecule has 138 valence electrons. The lowest BCUT2D eigenvalue weighted by molar-refractivity contribution is 0.0955. The largest absolute Gasteiger partial charge is 0.457 e. The van der Waals surface area contributed by atoms with Crippen LogP contribution in [0, 0.1) is 0 Å². The van der Waals surface area contributed by atoms with E-state index in [0.29, 0.717) is 23.6 Å². The Labute approximate surface area is 163 Å². The second kappa shape index (κ2) is 7.92. The summed E-state index contributed by atoms with van der Waals surface area (Å²) in [5.74, 6) is 1.20. The van der Waals surface area contributed by atoms with Crippen LogP contribution in [0.5, 0.6) is 11.5 Å². The molecule has 0 saturated carbocycles. The number of aromatic nitrogens is 1. The molecule has 0 saturated heterocycles. The highest BCUT2D eigenvalue weighted by Gasteiger charge is 2.11. The lowest BCUT2D eigenvalue weighted by atomic mass is 10.1. The van der Waals surface area contributed by atoms with Crippen LogP contribution in [0.15, 0.2) is 84.9 Å². The van der Waals surface area contributed by atoms with Crippen molar-refractivity contribution in [2.24, 2.45) is 0 Å². The Hall–Kier alpha value is -3.66. The zero-order chi connectivity index (χ0) is 19.3. The monoisotopic (exact) mass is 368 g/mol. The number of pyridine rings is 1. The Balaban J connectivity index is 1.76. The smallest absolute Gasteiger partial charge is 0.251 e. The van der Waals surface area contributed by atoms with Crippen molar-refractivity contribution in [1.82, 2.24) is 10.3 Å². The highest BCUT2D eigenvalue weighted by Crippen LogP contribution is 2.33. The molecule has 4 aromatic rings. The Morgan fingerprint density at radius 1 is 0.929 bits per heavy atom. The fourth-order valence-electron chi connectivity index (χ4n) is 3.08. The molecule has 4 heteroatoms. The van der Waals surface area contributed by atoms with Crippen molar-refractivity contribution < 1.29 is 9.53 Å². The van der Waals surface area contributed by atoms with Gasteiger partial charge >= 0.3 is 0 Å². The molecule has 4 nitrogen and oxygen atoms in total. The number of nitrogens with zero attached hydrogens (tertiary/aromatic N) is 1. The Bertz CT molecular complexity index is 1120. The third kappa shape index (κ3) is 3.71. The van der Waals surface area contributed by atoms with Crippen LogP contribution in [-0.2, 0) is 0 Å². The zero-order valence-electron chi connectivity index (χ0n) is 15.6. The molecule has 1 aromatic heterocycles. The number of ether oxygens (including phenoxy) is 1. The summed E-state index contributed by atoms with van der Waals surface area (Å²) >= 11 is 0. The van der Waals surface area contributed by atoms with Gasteiger partial charge in [0, 0.05) is 29.1 Å². The highest BCUT2D eigenvalue weighted by atomic mass is 16.5. The van der Waals surface area contributed by atoms with E-state index >= 15 is 0 Å². The van der Waals surface area contributed by atoms with Gasteiger partial charge in [-0.3, -0.25) is 4.79 Å². The lowest BCUT2D eigenvalue weighted by Gasteiger charge is -2.12. The number of para-hydroxylation sites is 1. The van der Waals surface area contributed by atoms with E-state index in [9.17, 15) is 4.79 Å². The quantitative estimate of drug-likeness (QED) is 0.510. The summed E-state index contributed by atoms with van der Waals surface area (Å²) < 4.78 is 6.20. The van der Waals surface area contributed by atoms with Gasteiger partial charge in [-0.05, 0) is 37.3 Å². The van der Waals surface area contributed by atoms with Gasteiger partial charge in [0.25, 0.3) is 5.91 Å². The summed E-state index contributed by atoms with van der Waals surface area (Å²) in [5.41, 5.74) is 3.29. The highest BCUT2D eigenvalue weighted by molar-refractivity contribution is 5.94. The predicted octanol–water partition coefficient (Wildman–Crippen LogP) is 5.44. The summed E-state index contributed by atoms with van der Waals surface area (Å²) in [7, 11) is 0. The van der Waals surface area contributed by atoms with Crippen molar-refractivity contribution in [2.45, 2.75) is 6.92 Å². The SMILES string of the molecule is CCNC(=O)c1cccc(Oc2cc(-c3ccccc3)nc3ccccc23)c1. The molecule has 0 aliphatic carbocycles. The number of hydrogen-bond acceptors (Lipinski definition) is 3. The first-order valence-corrected chi connectivity index (χ1v) is 9.26. The van der Waals surface area contributed by atoms with Gasteiger partial charge in [0.1, 0.15) is 11.5 Å². The molecule has 4 rings (SSSR count). The molecule has 0 bridgehead atoms. The maximum absolute atomic E-state index is 12.1. The average Bonchev–Trinajstić information content (AvgIpc) is 2.75. The van der Waals surface area contributed by atoms with E-state index in [1.165, 1.54) is 0 Å². The van der Waals surface area contributed by atoms with Gasteiger partial charge in [0.05, 0.1) is 11.2 Å². The van der Waals surface area contributed by atoms with Crippen LogP contribution in [-0.4, -0.2) is 17.4 Å². The molecule has 1 N–H and O–H groups in total. The number of carbonyl (C=O) groups excluding carboxylic acids is 1. The van der Waals surface area contributed by atoms with Crippen LogP contribution in [0.1, 0.15) is 17.3 Å². The minimum atomic E-state index is -0.113. The van der Waals surface area contributed by atoms with Gasteiger partial charge < -0.3 is 10.1 Å². The van der Waals surface area contributed by atoms with Gasteiger partial charge in [-0.1, -0.05) is 48.5 Å². The molecule has 0 fully saturated rings. The lowest BCUT2D eigenvalue weighted by Crippen LogP contribution is -2.22. The molecule has 1 heterocycles. The second-order valence-corrected chi connectivity index (χ2v) is 6.38. The molecule has 0 unspecified atom stereocenters. The number of fused-ring (bicyclic) bond motifs is 1. The fourth-order valence-corrected chi connectivity index (χ4v) is 3.08. The van der Waals surface area contributed by atoms with Crippen LogP contribution in [0.4, 0.5) is 0 Å². The normalized spacial score (nSPS) is 10.6. The topological polar surface area (TPSA) is 51.2 Å². The molecule has 0 radical (unpaired) electrons. The first-order valence-electron chi connectivity index (χ1n) is 9.26. The summed E-state index contributed by atoms with van der Waals surface area (Å²) in [6.45, 7) is 2.48. The van der Waals surface area contributed by atoms with Gasteiger partial charge in [0.2, 0.25) is 0 Å². The molecule has 0 aliphatic heterocycles. The van der Waals surface area contributed by atoms with E-state index in [1.807, 2.05) is 79.7 Å². The molecule has 0 spiro atoms. The molecular weight excluding hydrogens is 348 g/mol. The average molecular weight is 368 g/mol. The zero-order valence-corrected chi connectivity index (χ0v) is 15.6. The van der Waals surface area contributed by atoms with Gasteiger partial charge in [-0.15, -0.1) is 0 Å². The minimum Gasteiger partial charge on any atom is -0.457 e. The van der Waals surface area contributed by atoms with Crippen LogP contribution in [0.2, 0.25) is 0 Å². The van der Waals surface area contributed by atoms with Crippen LogP contribution in [0.25, 0.3) is 22.2 Å². The van der Waals surface area contributed by atoms with E-state index in [2.05, 4.69) is 5.32 Å². The van der Waals surface area contributed by atoms with Crippen molar-refractivity contribution in [1.29, 1.82) is 0 Å². The Kier molecular flexibility index (Phi) is 5.02. The minimum absolute atomic E-state index is 0.113. The number of amides is 1. The van der Waals surface area contributed by atoms with Crippen molar-refractivity contribution in [2.75, 3.05) is 6.54 Å². The first-order chi connectivity index (χ1) is 13.7. The summed E-state index contributed by atoms with van der Waals surface area (Å²) in [4.78, 5) is 16.9. The second-order valence-electron chi connectivity index (χ2n) is 6.38. The summed E-state index contributed by atoms with van der Waals surface area (Å²) in [5, 5.41) is 3.73. The van der Waals surface area contributed by atoms with E-state index in [0.717, 1.165) is 22.2 Å². The number of hydrogen-bond donors (Lipinski definition) is 1. The summed E-state index contributed by atoms with van der Waals surface area (Å²) in [6.07, 6.45) is 0. The van der Waals surface area contributed by atoms with Crippen molar-refractivity contribution in [3.63, 3.8) is 0 Å². The van der Waals surface area contributed by atoms with E-state index in [1.54, 1.807) is 12.1 Å². The van der Waals surface area contributed by atoms with Crippen LogP contribution >= 0.6 is 0 Å². The molecule has 28 heavy (non-hydrogen) atoms. The van der Waals surface area contributed by atoms with E-state index < -0.39 is 0 Å². The predicted molar refractivity (Wildman–Crippen MR) is 112 cm³/mol. The maximum Gasteiger partial charge on any atom is 0.251 e. The molecule has 0 atom stereocenters. The van der Waals surface area contributed by atoms with Crippen molar-refractivity contribution in [3.05, 3.63) is 90.5 Å². The Morgan fingerprint density at radius 3 is 2.54 bits per heavy atom. The maximum atomic E-state index is 12.1. The van der Waals surface area contributed by atoms with Gasteiger partial charge in [-0.25, -0.2) is 4.98 Å². The standard InChI is InChI=1S/C24H20N2O2/c1-2-25-24(27)18-11-8-12-19(15-18)28-23-16-22(17-9-4-3-5-10-17)26-21-14-7-6-13-20(21)23/h3-16H,2H2,1H3,(H,25,27). The number of carbonyl (C=O) groups is 1.